The van der Waals surface area contributed by atoms with Crippen LogP contribution in [0.25, 0.3) is 0 Å². The van der Waals surface area contributed by atoms with Crippen LogP contribution in [0.1, 0.15) is 22.7 Å². The number of hydrogen-bond donors (Lipinski definition) is 1. The van der Waals surface area contributed by atoms with E-state index in [1.807, 2.05) is 0 Å². The minimum absolute atomic E-state index is 0.000936. The Bertz CT molecular complexity index is 459. The molecule has 2 amide bonds. The number of aliphatic hydroxyl groups excluding tert-OH is 1. The van der Waals surface area contributed by atoms with Crippen LogP contribution < -0.4 is 0 Å². The van der Waals surface area contributed by atoms with Crippen LogP contribution in [0.15, 0.2) is 18.2 Å². The van der Waals surface area contributed by atoms with Gasteiger partial charge in [0.15, 0.2) is 0 Å². The second-order valence-electron chi connectivity index (χ2n) is 4.96. The van der Waals surface area contributed by atoms with Crippen molar-refractivity contribution in [1.29, 1.82) is 0 Å². The van der Waals surface area contributed by atoms with Gasteiger partial charge in [-0.2, -0.15) is 0 Å². The summed E-state index contributed by atoms with van der Waals surface area (Å²) in [5, 5.41) is 9.11. The Kier molecular flexibility index (Phi) is 3.57. The SMILES string of the molecule is Cc1ccc(C)c(C2CN(C)C(=O)N2CCO)c1. The molecule has 0 aliphatic carbocycles. The Hall–Kier alpha value is -1.55. The highest BCUT2D eigenvalue weighted by Crippen LogP contribution is 2.30. The molecule has 1 fully saturated rings. The van der Waals surface area contributed by atoms with E-state index in [-0.39, 0.29) is 18.7 Å². The molecule has 1 aliphatic rings. The number of aryl methyl sites for hydroxylation is 2. The van der Waals surface area contributed by atoms with Crippen molar-refractivity contribution in [1.82, 2.24) is 9.80 Å². The molecular weight excluding hydrogens is 228 g/mol. The molecule has 4 nitrogen and oxygen atoms in total. The van der Waals surface area contributed by atoms with Crippen LogP contribution in [0.4, 0.5) is 4.79 Å². The topological polar surface area (TPSA) is 43.8 Å². The number of rotatable bonds is 3. The van der Waals surface area contributed by atoms with Gasteiger partial charge < -0.3 is 14.9 Å². The number of aliphatic hydroxyl groups is 1. The van der Waals surface area contributed by atoms with Crippen LogP contribution in [0.3, 0.4) is 0 Å². The molecular formula is C14H20N2O2. The normalized spacial score (nSPS) is 19.8. The minimum atomic E-state index is -0.00467. The Labute approximate surface area is 108 Å². The van der Waals surface area contributed by atoms with Crippen molar-refractivity contribution in [3.05, 3.63) is 34.9 Å². The predicted molar refractivity (Wildman–Crippen MR) is 70.5 cm³/mol. The van der Waals surface area contributed by atoms with E-state index >= 15 is 0 Å². The van der Waals surface area contributed by atoms with Crippen molar-refractivity contribution in [3.8, 4) is 0 Å². The molecule has 0 radical (unpaired) electrons. The molecule has 0 spiro atoms. The maximum atomic E-state index is 12.0. The van der Waals surface area contributed by atoms with Crippen LogP contribution in [0.5, 0.6) is 0 Å². The summed E-state index contributed by atoms with van der Waals surface area (Å²) in [6.07, 6.45) is 0. The molecule has 4 heteroatoms. The van der Waals surface area contributed by atoms with Crippen molar-refractivity contribution in [2.75, 3.05) is 26.7 Å². The van der Waals surface area contributed by atoms with Gasteiger partial charge in [-0.15, -0.1) is 0 Å². The standard InChI is InChI=1S/C14H20N2O2/c1-10-4-5-11(2)12(8-10)13-9-15(3)14(18)16(13)6-7-17/h4-5,8,13,17H,6-7,9H2,1-3H3. The lowest BCUT2D eigenvalue weighted by molar-refractivity contribution is 0.171. The molecule has 1 N–H and O–H groups in total. The largest absolute Gasteiger partial charge is 0.395 e. The van der Waals surface area contributed by atoms with E-state index in [0.717, 1.165) is 0 Å². The second kappa shape index (κ2) is 4.98. The van der Waals surface area contributed by atoms with Crippen LogP contribution in [0, 0.1) is 13.8 Å². The zero-order valence-electron chi connectivity index (χ0n) is 11.2. The van der Waals surface area contributed by atoms with Gasteiger partial charge in [0, 0.05) is 20.1 Å². The number of carbonyl (C=O) groups is 1. The van der Waals surface area contributed by atoms with Crippen LogP contribution in [-0.2, 0) is 0 Å². The van der Waals surface area contributed by atoms with Crippen molar-refractivity contribution in [2.45, 2.75) is 19.9 Å². The quantitative estimate of drug-likeness (QED) is 0.885. The average Bonchev–Trinajstić information content (AvgIpc) is 2.61. The Balaban J connectivity index is 2.36. The zero-order valence-corrected chi connectivity index (χ0v) is 11.2. The number of benzene rings is 1. The van der Waals surface area contributed by atoms with E-state index in [0.29, 0.717) is 13.1 Å². The lowest BCUT2D eigenvalue weighted by Gasteiger charge is -2.24. The van der Waals surface area contributed by atoms with Gasteiger partial charge in [-0.25, -0.2) is 4.79 Å². The summed E-state index contributed by atoms with van der Waals surface area (Å²) in [5.41, 5.74) is 3.57. The molecule has 1 aliphatic heterocycles. The zero-order chi connectivity index (χ0) is 13.3. The number of carbonyl (C=O) groups excluding carboxylic acids is 1. The first kappa shape index (κ1) is 12.9. The molecule has 1 aromatic rings. The molecule has 1 unspecified atom stereocenters. The molecule has 18 heavy (non-hydrogen) atoms. The average molecular weight is 248 g/mol. The third-order valence-electron chi connectivity index (χ3n) is 3.53. The summed E-state index contributed by atoms with van der Waals surface area (Å²) < 4.78 is 0. The molecule has 0 aromatic heterocycles. The van der Waals surface area contributed by atoms with Crippen molar-refractivity contribution >= 4 is 6.03 Å². The Morgan fingerprint density at radius 3 is 2.78 bits per heavy atom. The first-order valence-corrected chi connectivity index (χ1v) is 6.24. The number of nitrogens with zero attached hydrogens (tertiary/aromatic N) is 2. The van der Waals surface area contributed by atoms with E-state index in [2.05, 4.69) is 32.0 Å². The molecule has 2 rings (SSSR count). The second-order valence-corrected chi connectivity index (χ2v) is 4.96. The number of urea groups is 1. The van der Waals surface area contributed by atoms with Gasteiger partial charge in [-0.3, -0.25) is 0 Å². The fraction of sp³-hybridized carbons (Fsp3) is 0.500. The van der Waals surface area contributed by atoms with E-state index in [9.17, 15) is 4.79 Å². The van der Waals surface area contributed by atoms with Crippen LogP contribution in [-0.4, -0.2) is 47.7 Å². The number of amides is 2. The van der Waals surface area contributed by atoms with Gasteiger partial charge in [0.2, 0.25) is 0 Å². The van der Waals surface area contributed by atoms with E-state index in [1.165, 1.54) is 16.7 Å². The molecule has 1 atom stereocenters. The third-order valence-corrected chi connectivity index (χ3v) is 3.53. The van der Waals surface area contributed by atoms with Crippen molar-refractivity contribution < 1.29 is 9.90 Å². The summed E-state index contributed by atoms with van der Waals surface area (Å²) in [4.78, 5) is 15.5. The summed E-state index contributed by atoms with van der Waals surface area (Å²) in [6, 6.07) is 6.35. The fourth-order valence-electron chi connectivity index (χ4n) is 2.53. The molecule has 0 saturated carbocycles. The van der Waals surface area contributed by atoms with Crippen LogP contribution in [0.2, 0.25) is 0 Å². The van der Waals surface area contributed by atoms with Gasteiger partial charge in [0.1, 0.15) is 0 Å². The monoisotopic (exact) mass is 248 g/mol. The first-order valence-electron chi connectivity index (χ1n) is 6.24. The lowest BCUT2D eigenvalue weighted by atomic mass is 9.98. The molecule has 98 valence electrons. The van der Waals surface area contributed by atoms with Crippen molar-refractivity contribution in [3.63, 3.8) is 0 Å². The first-order chi connectivity index (χ1) is 8.54. The molecule has 1 heterocycles. The molecule has 0 bridgehead atoms. The summed E-state index contributed by atoms with van der Waals surface area (Å²) in [6.45, 7) is 5.19. The Morgan fingerprint density at radius 2 is 2.11 bits per heavy atom. The maximum absolute atomic E-state index is 12.0. The highest BCUT2D eigenvalue weighted by molar-refractivity contribution is 5.77. The highest BCUT2D eigenvalue weighted by atomic mass is 16.3. The van der Waals surface area contributed by atoms with Gasteiger partial charge in [0.05, 0.1) is 12.6 Å². The van der Waals surface area contributed by atoms with Gasteiger partial charge in [-0.1, -0.05) is 23.8 Å². The summed E-state index contributed by atoms with van der Waals surface area (Å²) in [7, 11) is 1.80. The van der Waals surface area contributed by atoms with E-state index < -0.39 is 0 Å². The number of β-amino-alcohol motifs (C(OH)–C–C–N with tert-alkyl or cyclic N) is 1. The minimum Gasteiger partial charge on any atom is -0.395 e. The lowest BCUT2D eigenvalue weighted by Crippen LogP contribution is -2.33. The number of likely N-dealkylation sites (N-methyl/N-ethyl adjacent to an activating group) is 1. The Morgan fingerprint density at radius 1 is 1.39 bits per heavy atom. The fourth-order valence-corrected chi connectivity index (χ4v) is 2.53. The van der Waals surface area contributed by atoms with Gasteiger partial charge >= 0.3 is 6.03 Å². The van der Waals surface area contributed by atoms with E-state index in [4.69, 9.17) is 5.11 Å². The predicted octanol–water partition coefficient (Wildman–Crippen LogP) is 1.70. The van der Waals surface area contributed by atoms with Crippen molar-refractivity contribution in [2.24, 2.45) is 0 Å². The van der Waals surface area contributed by atoms with E-state index in [1.54, 1.807) is 16.8 Å². The molecule has 1 aromatic carbocycles. The van der Waals surface area contributed by atoms with Crippen LogP contribution >= 0.6 is 0 Å². The van der Waals surface area contributed by atoms with Gasteiger partial charge in [0.25, 0.3) is 0 Å². The molecule has 1 saturated heterocycles. The highest BCUT2D eigenvalue weighted by Gasteiger charge is 2.36. The summed E-state index contributed by atoms with van der Waals surface area (Å²) in [5.74, 6) is 0. The third kappa shape index (κ3) is 2.20. The maximum Gasteiger partial charge on any atom is 0.320 e. The van der Waals surface area contributed by atoms with Gasteiger partial charge in [-0.05, 0) is 25.0 Å². The summed E-state index contributed by atoms with van der Waals surface area (Å²) >= 11 is 0. The smallest absolute Gasteiger partial charge is 0.320 e. The number of hydrogen-bond acceptors (Lipinski definition) is 2.